The van der Waals surface area contributed by atoms with Gasteiger partial charge in [0.1, 0.15) is 0 Å². The highest BCUT2D eigenvalue weighted by molar-refractivity contribution is 6.35. The van der Waals surface area contributed by atoms with Crippen molar-refractivity contribution in [1.82, 2.24) is 10.2 Å². The van der Waals surface area contributed by atoms with E-state index in [4.69, 9.17) is 23.2 Å². The van der Waals surface area contributed by atoms with Crippen LogP contribution in [0.1, 0.15) is 25.3 Å². The lowest BCUT2D eigenvalue weighted by molar-refractivity contribution is -0.146. The van der Waals surface area contributed by atoms with E-state index in [-0.39, 0.29) is 0 Å². The predicted octanol–water partition coefficient (Wildman–Crippen LogP) is 2.91. The molecule has 1 aliphatic heterocycles. The molecule has 0 atom stereocenters. The van der Waals surface area contributed by atoms with Crippen LogP contribution in [-0.2, 0) is 16.0 Å². The van der Waals surface area contributed by atoms with Gasteiger partial charge in [0.15, 0.2) is 0 Å². The van der Waals surface area contributed by atoms with Crippen molar-refractivity contribution in [1.29, 1.82) is 0 Å². The maximum absolute atomic E-state index is 12.0. The lowest BCUT2D eigenvalue weighted by atomic mass is 9.99. The fourth-order valence-electron chi connectivity index (χ4n) is 2.47. The normalized spacial score (nSPS) is 15.7. The molecule has 0 unspecified atom stereocenters. The van der Waals surface area contributed by atoms with E-state index in [1.54, 1.807) is 17.0 Å². The van der Waals surface area contributed by atoms with Crippen molar-refractivity contribution in [3.63, 3.8) is 0 Å². The van der Waals surface area contributed by atoms with Crippen LogP contribution >= 0.6 is 23.2 Å². The minimum absolute atomic E-state index is 0.371. The zero-order valence-electron chi connectivity index (χ0n) is 12.6. The van der Waals surface area contributed by atoms with Crippen molar-refractivity contribution in [2.24, 2.45) is 5.92 Å². The van der Waals surface area contributed by atoms with Crippen LogP contribution in [0.3, 0.4) is 0 Å². The number of amides is 2. The summed E-state index contributed by atoms with van der Waals surface area (Å²) in [4.78, 5) is 25.6. The second-order valence-electron chi connectivity index (χ2n) is 5.72. The first kappa shape index (κ1) is 17.1. The Labute approximate surface area is 140 Å². The van der Waals surface area contributed by atoms with Crippen LogP contribution in [0.2, 0.25) is 10.0 Å². The number of rotatable bonds is 3. The van der Waals surface area contributed by atoms with E-state index in [0.717, 1.165) is 18.4 Å². The number of hydrogen-bond donors (Lipinski definition) is 1. The van der Waals surface area contributed by atoms with E-state index < -0.39 is 11.8 Å². The molecule has 0 aliphatic carbocycles. The molecule has 4 nitrogen and oxygen atoms in total. The highest BCUT2D eigenvalue weighted by Crippen LogP contribution is 2.21. The minimum atomic E-state index is -0.542. The van der Waals surface area contributed by atoms with Crippen molar-refractivity contribution in [2.45, 2.75) is 26.2 Å². The Morgan fingerprint density at radius 2 is 1.95 bits per heavy atom. The molecule has 0 aromatic heterocycles. The van der Waals surface area contributed by atoms with Crippen LogP contribution < -0.4 is 5.32 Å². The summed E-state index contributed by atoms with van der Waals surface area (Å²) in [7, 11) is 0. The van der Waals surface area contributed by atoms with Crippen LogP contribution in [0, 0.1) is 5.92 Å². The van der Waals surface area contributed by atoms with Gasteiger partial charge in [0, 0.05) is 29.7 Å². The van der Waals surface area contributed by atoms with Gasteiger partial charge in [-0.05, 0) is 42.9 Å². The van der Waals surface area contributed by atoms with E-state index in [9.17, 15) is 9.59 Å². The van der Waals surface area contributed by atoms with Gasteiger partial charge in [0.25, 0.3) is 0 Å². The Bertz CT molecular complexity index is 555. The Kier molecular flexibility index (Phi) is 6.09. The van der Waals surface area contributed by atoms with E-state index in [2.05, 4.69) is 12.2 Å². The Balaban J connectivity index is 1.78. The molecule has 1 heterocycles. The molecule has 1 aliphatic rings. The molecular weight excluding hydrogens is 323 g/mol. The quantitative estimate of drug-likeness (QED) is 0.858. The SMILES string of the molecule is CC1CCN(C(=O)C(=O)NCCc2ccc(Cl)cc2Cl)CC1. The lowest BCUT2D eigenvalue weighted by Gasteiger charge is -2.29. The van der Waals surface area contributed by atoms with Gasteiger partial charge < -0.3 is 10.2 Å². The fourth-order valence-corrected chi connectivity index (χ4v) is 2.97. The molecule has 0 spiro atoms. The number of halogens is 2. The van der Waals surface area contributed by atoms with E-state index in [1.807, 2.05) is 6.07 Å². The van der Waals surface area contributed by atoms with E-state index >= 15 is 0 Å². The fraction of sp³-hybridized carbons (Fsp3) is 0.500. The lowest BCUT2D eigenvalue weighted by Crippen LogP contribution is -2.46. The molecule has 1 saturated heterocycles. The molecule has 1 fully saturated rings. The predicted molar refractivity (Wildman–Crippen MR) is 88.2 cm³/mol. The summed E-state index contributed by atoms with van der Waals surface area (Å²) in [6.07, 6.45) is 2.48. The second kappa shape index (κ2) is 7.84. The van der Waals surface area contributed by atoms with Gasteiger partial charge in [-0.3, -0.25) is 9.59 Å². The number of likely N-dealkylation sites (tertiary alicyclic amines) is 1. The maximum Gasteiger partial charge on any atom is 0.311 e. The van der Waals surface area contributed by atoms with Crippen LogP contribution in [0.4, 0.5) is 0 Å². The molecule has 6 heteroatoms. The molecule has 1 N–H and O–H groups in total. The average molecular weight is 343 g/mol. The van der Waals surface area contributed by atoms with Crippen LogP contribution in [0.5, 0.6) is 0 Å². The Hall–Kier alpha value is -1.26. The minimum Gasteiger partial charge on any atom is -0.347 e. The van der Waals surface area contributed by atoms with Gasteiger partial charge in [0.05, 0.1) is 0 Å². The number of benzene rings is 1. The standard InChI is InChI=1S/C16H20Cl2N2O2/c1-11-5-8-20(9-6-11)16(22)15(21)19-7-4-12-2-3-13(17)10-14(12)18/h2-3,10-11H,4-9H2,1H3,(H,19,21). The number of piperidine rings is 1. The van der Waals surface area contributed by atoms with Crippen LogP contribution in [0.25, 0.3) is 0 Å². The highest BCUT2D eigenvalue weighted by Gasteiger charge is 2.25. The zero-order valence-corrected chi connectivity index (χ0v) is 14.1. The molecule has 120 valence electrons. The molecule has 1 aromatic rings. The Morgan fingerprint density at radius 1 is 1.27 bits per heavy atom. The summed E-state index contributed by atoms with van der Waals surface area (Å²) in [5.74, 6) is -0.354. The smallest absolute Gasteiger partial charge is 0.311 e. The largest absolute Gasteiger partial charge is 0.347 e. The highest BCUT2D eigenvalue weighted by atomic mass is 35.5. The van der Waals surface area contributed by atoms with Crippen molar-refractivity contribution in [3.8, 4) is 0 Å². The summed E-state index contributed by atoms with van der Waals surface area (Å²) in [5.41, 5.74) is 0.894. The number of nitrogens with zero attached hydrogens (tertiary/aromatic N) is 1. The summed E-state index contributed by atoms with van der Waals surface area (Å²) < 4.78 is 0. The number of nitrogens with one attached hydrogen (secondary N) is 1. The van der Waals surface area contributed by atoms with Gasteiger partial charge >= 0.3 is 11.8 Å². The number of carbonyl (C=O) groups excluding carboxylic acids is 2. The van der Waals surface area contributed by atoms with Gasteiger partial charge in [-0.2, -0.15) is 0 Å². The van der Waals surface area contributed by atoms with Crippen molar-refractivity contribution in [2.75, 3.05) is 19.6 Å². The third-order valence-electron chi connectivity index (χ3n) is 3.96. The first-order valence-corrected chi connectivity index (χ1v) is 8.24. The summed E-state index contributed by atoms with van der Waals surface area (Å²) in [6, 6.07) is 5.25. The second-order valence-corrected chi connectivity index (χ2v) is 6.56. The van der Waals surface area contributed by atoms with Gasteiger partial charge in [-0.1, -0.05) is 36.2 Å². The monoisotopic (exact) mass is 342 g/mol. The maximum atomic E-state index is 12.0. The molecule has 1 aromatic carbocycles. The molecule has 2 amide bonds. The van der Waals surface area contributed by atoms with E-state index in [0.29, 0.717) is 42.0 Å². The first-order chi connectivity index (χ1) is 10.5. The summed E-state index contributed by atoms with van der Waals surface area (Å²) >= 11 is 11.9. The Morgan fingerprint density at radius 3 is 2.59 bits per heavy atom. The first-order valence-electron chi connectivity index (χ1n) is 7.48. The van der Waals surface area contributed by atoms with Crippen molar-refractivity contribution < 1.29 is 9.59 Å². The average Bonchev–Trinajstić information content (AvgIpc) is 2.49. The number of hydrogen-bond acceptors (Lipinski definition) is 2. The molecular formula is C16H20Cl2N2O2. The zero-order chi connectivity index (χ0) is 16.1. The number of carbonyl (C=O) groups is 2. The topological polar surface area (TPSA) is 49.4 Å². The third kappa shape index (κ3) is 4.62. The summed E-state index contributed by atoms with van der Waals surface area (Å²) in [5, 5.41) is 3.80. The summed E-state index contributed by atoms with van der Waals surface area (Å²) in [6.45, 7) is 3.86. The van der Waals surface area contributed by atoms with Gasteiger partial charge in [0.2, 0.25) is 0 Å². The van der Waals surface area contributed by atoms with E-state index in [1.165, 1.54) is 0 Å². The van der Waals surface area contributed by atoms with Crippen LogP contribution in [-0.4, -0.2) is 36.3 Å². The van der Waals surface area contributed by atoms with Crippen LogP contribution in [0.15, 0.2) is 18.2 Å². The molecule has 0 saturated carbocycles. The van der Waals surface area contributed by atoms with Gasteiger partial charge in [-0.15, -0.1) is 0 Å². The third-order valence-corrected chi connectivity index (χ3v) is 4.55. The molecule has 22 heavy (non-hydrogen) atoms. The van der Waals surface area contributed by atoms with Crippen molar-refractivity contribution >= 4 is 35.0 Å². The van der Waals surface area contributed by atoms with Crippen molar-refractivity contribution in [3.05, 3.63) is 33.8 Å². The van der Waals surface area contributed by atoms with Gasteiger partial charge in [-0.25, -0.2) is 0 Å². The molecule has 2 rings (SSSR count). The molecule has 0 bridgehead atoms. The molecule has 0 radical (unpaired) electrons.